The summed E-state index contributed by atoms with van der Waals surface area (Å²) in [6.07, 6.45) is 7.62. The van der Waals surface area contributed by atoms with E-state index in [0.717, 1.165) is 12.8 Å². The van der Waals surface area contributed by atoms with E-state index >= 15 is 0 Å². The summed E-state index contributed by atoms with van der Waals surface area (Å²) in [6, 6.07) is 4.19. The molecule has 13 heteroatoms. The minimum Gasteiger partial charge on any atom is -0.495 e. The predicted molar refractivity (Wildman–Crippen MR) is 157 cm³/mol. The van der Waals surface area contributed by atoms with Crippen LogP contribution in [0.15, 0.2) is 41.3 Å². The number of para-hydroxylation sites is 1. The largest absolute Gasteiger partial charge is 0.495 e. The van der Waals surface area contributed by atoms with Crippen LogP contribution in [0.4, 0.5) is 4.79 Å². The lowest BCUT2D eigenvalue weighted by molar-refractivity contribution is -0.141. The third-order valence-corrected chi connectivity index (χ3v) is 9.28. The van der Waals surface area contributed by atoms with Crippen LogP contribution in [0.1, 0.15) is 72.1 Å². The highest BCUT2D eigenvalue weighted by Gasteiger charge is 2.61. The number of amides is 4. The lowest BCUT2D eigenvalue weighted by Crippen LogP contribution is -2.58. The number of methoxy groups -OCH3 is 1. The Hall–Kier alpha value is -3.61. The second-order valence-corrected chi connectivity index (χ2v) is 14.0. The number of carbonyl (C=O) groups excluding carboxylic acids is 4. The molecule has 1 aromatic carbocycles. The van der Waals surface area contributed by atoms with Gasteiger partial charge in [0.15, 0.2) is 0 Å². The highest BCUT2D eigenvalue weighted by molar-refractivity contribution is 7.90. The van der Waals surface area contributed by atoms with Crippen molar-refractivity contribution in [1.29, 1.82) is 0 Å². The summed E-state index contributed by atoms with van der Waals surface area (Å²) in [5.74, 6) is -2.13. The van der Waals surface area contributed by atoms with Crippen LogP contribution in [0, 0.1) is 5.92 Å². The number of ether oxygens (including phenoxy) is 2. The van der Waals surface area contributed by atoms with Crippen LogP contribution in [0.2, 0.25) is 0 Å². The van der Waals surface area contributed by atoms with Gasteiger partial charge in [0.2, 0.25) is 11.8 Å². The van der Waals surface area contributed by atoms with Gasteiger partial charge in [-0.2, -0.15) is 0 Å². The Morgan fingerprint density at radius 3 is 2.53 bits per heavy atom. The number of alkyl carbamates (subject to hydrolysis) is 1. The number of carbonyl (C=O) groups is 4. The van der Waals surface area contributed by atoms with Crippen molar-refractivity contribution < 1.29 is 37.1 Å². The van der Waals surface area contributed by atoms with Crippen molar-refractivity contribution in [2.75, 3.05) is 13.7 Å². The van der Waals surface area contributed by atoms with E-state index in [1.165, 1.54) is 30.2 Å². The summed E-state index contributed by atoms with van der Waals surface area (Å²) in [4.78, 5) is 54.8. The molecule has 12 nitrogen and oxygen atoms in total. The fourth-order valence-electron chi connectivity index (χ4n) is 5.65. The van der Waals surface area contributed by atoms with E-state index in [2.05, 4.69) is 15.4 Å². The number of benzene rings is 1. The number of fused-ring (bicyclic) bond motifs is 2. The first-order valence-electron chi connectivity index (χ1n) is 14.8. The summed E-state index contributed by atoms with van der Waals surface area (Å²) < 4.78 is 39.1. The molecule has 3 aliphatic rings. The Morgan fingerprint density at radius 2 is 1.81 bits per heavy atom. The van der Waals surface area contributed by atoms with Gasteiger partial charge in [0.25, 0.3) is 15.9 Å². The van der Waals surface area contributed by atoms with E-state index in [9.17, 15) is 27.6 Å². The van der Waals surface area contributed by atoms with Gasteiger partial charge in [0, 0.05) is 12.5 Å². The van der Waals surface area contributed by atoms with Crippen molar-refractivity contribution in [1.82, 2.24) is 20.3 Å². The van der Waals surface area contributed by atoms with Crippen LogP contribution in [0.25, 0.3) is 0 Å². The van der Waals surface area contributed by atoms with Crippen molar-refractivity contribution in [3.63, 3.8) is 0 Å². The van der Waals surface area contributed by atoms with Gasteiger partial charge in [-0.15, -0.1) is 0 Å². The average molecular weight is 619 g/mol. The highest BCUT2D eigenvalue weighted by atomic mass is 32.2. The van der Waals surface area contributed by atoms with E-state index < -0.39 is 57.1 Å². The monoisotopic (exact) mass is 618 g/mol. The molecule has 236 valence electrons. The third-order valence-electron chi connectivity index (χ3n) is 7.91. The lowest BCUT2D eigenvalue weighted by atomic mass is 10.0. The Balaban J connectivity index is 1.57. The highest BCUT2D eigenvalue weighted by Crippen LogP contribution is 2.46. The van der Waals surface area contributed by atoms with Gasteiger partial charge in [-0.1, -0.05) is 37.1 Å². The van der Waals surface area contributed by atoms with Crippen LogP contribution in [-0.4, -0.2) is 74.0 Å². The minimum atomic E-state index is -4.32. The lowest BCUT2D eigenvalue weighted by Gasteiger charge is -2.30. The average Bonchev–Trinajstić information content (AvgIpc) is 3.39. The van der Waals surface area contributed by atoms with Crippen LogP contribution < -0.4 is 20.1 Å². The SMILES string of the molecule is COc1ccccc1S(=O)(=O)NC(=O)[C@@]12C[C@H]1C=CCCCCC[C@H](NC(=O)OC(C)(C)C)C(=O)N1CCC[C@H]1C(=O)N2. The zero-order valence-electron chi connectivity index (χ0n) is 25.2. The van der Waals surface area contributed by atoms with E-state index in [1.54, 1.807) is 26.8 Å². The van der Waals surface area contributed by atoms with E-state index in [4.69, 9.17) is 9.47 Å². The summed E-state index contributed by atoms with van der Waals surface area (Å²) in [5, 5.41) is 5.51. The quantitative estimate of drug-likeness (QED) is 0.425. The smallest absolute Gasteiger partial charge is 0.408 e. The van der Waals surface area contributed by atoms with Gasteiger partial charge >= 0.3 is 6.09 Å². The van der Waals surface area contributed by atoms with Crippen LogP contribution >= 0.6 is 0 Å². The fraction of sp³-hybridized carbons (Fsp3) is 0.600. The first-order chi connectivity index (χ1) is 20.3. The Morgan fingerprint density at radius 1 is 1.07 bits per heavy atom. The van der Waals surface area contributed by atoms with Crippen LogP contribution in [-0.2, 0) is 29.1 Å². The Bertz CT molecular complexity index is 1370. The van der Waals surface area contributed by atoms with Gasteiger partial charge in [0.1, 0.15) is 33.9 Å². The molecule has 0 radical (unpaired) electrons. The first kappa shape index (κ1) is 32.3. The fourth-order valence-corrected chi connectivity index (χ4v) is 6.86. The van der Waals surface area contributed by atoms with Gasteiger partial charge in [-0.05, 0) is 71.4 Å². The molecular formula is C30H42N4O8S. The van der Waals surface area contributed by atoms with Gasteiger partial charge in [0.05, 0.1) is 7.11 Å². The molecule has 1 saturated carbocycles. The zero-order valence-corrected chi connectivity index (χ0v) is 26.0. The molecule has 3 N–H and O–H groups in total. The molecule has 43 heavy (non-hydrogen) atoms. The predicted octanol–water partition coefficient (Wildman–Crippen LogP) is 2.78. The molecular weight excluding hydrogens is 576 g/mol. The molecule has 2 aliphatic heterocycles. The number of sulfonamides is 1. The molecule has 4 atom stereocenters. The van der Waals surface area contributed by atoms with Gasteiger partial charge < -0.3 is 25.0 Å². The summed E-state index contributed by atoms with van der Waals surface area (Å²) >= 11 is 0. The summed E-state index contributed by atoms with van der Waals surface area (Å²) in [7, 11) is -2.99. The molecule has 1 saturated heterocycles. The normalized spacial score (nSPS) is 26.6. The van der Waals surface area contributed by atoms with Crippen molar-refractivity contribution in [3.05, 3.63) is 36.4 Å². The molecule has 0 bridgehead atoms. The number of nitrogens with one attached hydrogen (secondary N) is 3. The maximum absolute atomic E-state index is 13.7. The molecule has 4 amide bonds. The van der Waals surface area contributed by atoms with Crippen molar-refractivity contribution in [3.8, 4) is 5.75 Å². The number of nitrogens with zero attached hydrogens (tertiary/aromatic N) is 1. The standard InChI is InChI=1S/C30H42N4O8S/c1-29(2,3)42-28(38)31-21-14-9-7-5-6-8-13-20-19-30(20,32-25(35)22-15-12-18-34(22)26(21)36)27(37)33-43(39,40)24-17-11-10-16-23(24)41-4/h8,10-11,13,16-17,20-22H,5-7,9,12,14-15,18-19H2,1-4H3,(H,31,38)(H,32,35)(H,33,37)/t20-,21+,22+,30-/m1/s1. The van der Waals surface area contributed by atoms with Gasteiger partial charge in [-0.3, -0.25) is 14.4 Å². The molecule has 0 spiro atoms. The topological polar surface area (TPSA) is 160 Å². The number of rotatable bonds is 5. The summed E-state index contributed by atoms with van der Waals surface area (Å²) in [6.45, 7) is 5.52. The minimum absolute atomic E-state index is 0.0771. The van der Waals surface area contributed by atoms with Crippen LogP contribution in [0.3, 0.4) is 0 Å². The van der Waals surface area contributed by atoms with Gasteiger partial charge in [-0.25, -0.2) is 17.9 Å². The molecule has 1 aromatic rings. The third kappa shape index (κ3) is 7.67. The molecule has 2 fully saturated rings. The molecule has 1 aliphatic carbocycles. The van der Waals surface area contributed by atoms with Crippen molar-refractivity contribution in [2.45, 2.75) is 100 Å². The molecule has 0 aromatic heterocycles. The van der Waals surface area contributed by atoms with Crippen molar-refractivity contribution in [2.24, 2.45) is 5.92 Å². The molecule has 2 heterocycles. The maximum Gasteiger partial charge on any atom is 0.408 e. The van der Waals surface area contributed by atoms with Crippen LogP contribution in [0.5, 0.6) is 5.75 Å². The second kappa shape index (κ2) is 12.9. The number of hydrogen-bond donors (Lipinski definition) is 3. The molecule has 0 unspecified atom stereocenters. The Labute approximate surface area is 253 Å². The summed E-state index contributed by atoms with van der Waals surface area (Å²) in [5.41, 5.74) is -2.24. The van der Waals surface area contributed by atoms with E-state index in [0.29, 0.717) is 38.6 Å². The maximum atomic E-state index is 13.7. The van der Waals surface area contributed by atoms with E-state index in [-0.39, 0.29) is 23.0 Å². The number of hydrogen-bond acceptors (Lipinski definition) is 8. The Kier molecular flexibility index (Phi) is 9.73. The van der Waals surface area contributed by atoms with Crippen molar-refractivity contribution >= 4 is 33.8 Å². The second-order valence-electron chi connectivity index (χ2n) is 12.3. The molecule has 4 rings (SSSR count). The van der Waals surface area contributed by atoms with E-state index in [1.807, 2.05) is 12.2 Å². The first-order valence-corrected chi connectivity index (χ1v) is 16.2. The number of allylic oxidation sites excluding steroid dienone is 1. The zero-order chi connectivity index (χ0) is 31.4.